The predicted molar refractivity (Wildman–Crippen MR) is 85.1 cm³/mol. The number of methoxy groups -OCH3 is 1. The van der Waals surface area contributed by atoms with Crippen LogP contribution < -0.4 is 5.32 Å². The number of hydrogen-bond acceptors (Lipinski definition) is 4. The topological polar surface area (TPSA) is 64.4 Å². The predicted octanol–water partition coefficient (Wildman–Crippen LogP) is 3.46. The molecule has 1 aromatic heterocycles. The molecule has 1 amide bonds. The normalized spacial score (nSPS) is 12.2. The highest BCUT2D eigenvalue weighted by molar-refractivity contribution is 6.33. The lowest BCUT2D eigenvalue weighted by atomic mass is 10.1. The van der Waals surface area contributed by atoms with Gasteiger partial charge >= 0.3 is 0 Å². The minimum absolute atomic E-state index is 0.0640. The lowest BCUT2D eigenvalue weighted by Crippen LogP contribution is -2.37. The van der Waals surface area contributed by atoms with E-state index in [1.54, 1.807) is 26.2 Å². The van der Waals surface area contributed by atoms with Gasteiger partial charge in [-0.1, -0.05) is 35.8 Å². The molecule has 1 heterocycles. The molecule has 2 aromatic rings. The number of rotatable bonds is 6. The number of ether oxygens (including phenoxy) is 1. The highest BCUT2D eigenvalue weighted by Crippen LogP contribution is 2.31. The number of carbonyl (C=O) groups is 1. The Bertz CT molecular complexity index is 655. The van der Waals surface area contributed by atoms with Gasteiger partial charge in [-0.25, -0.2) is 0 Å². The molecule has 2 rings (SSSR count). The van der Waals surface area contributed by atoms with Crippen LogP contribution in [0.4, 0.5) is 0 Å². The van der Waals surface area contributed by atoms with Gasteiger partial charge in [0, 0.05) is 12.7 Å². The number of aromatic nitrogens is 1. The van der Waals surface area contributed by atoms with Gasteiger partial charge in [0.2, 0.25) is 0 Å². The van der Waals surface area contributed by atoms with Crippen molar-refractivity contribution in [2.45, 2.75) is 26.3 Å². The van der Waals surface area contributed by atoms with Gasteiger partial charge in [-0.3, -0.25) is 4.79 Å². The zero-order valence-corrected chi connectivity index (χ0v) is 13.6. The van der Waals surface area contributed by atoms with Crippen LogP contribution in [0.5, 0.6) is 0 Å². The summed E-state index contributed by atoms with van der Waals surface area (Å²) < 4.78 is 10.4. The fourth-order valence-corrected chi connectivity index (χ4v) is 2.41. The van der Waals surface area contributed by atoms with Crippen molar-refractivity contribution in [1.82, 2.24) is 10.5 Å². The lowest BCUT2D eigenvalue weighted by Gasteiger charge is -2.16. The Morgan fingerprint density at radius 3 is 2.82 bits per heavy atom. The van der Waals surface area contributed by atoms with Crippen LogP contribution in [-0.2, 0) is 4.74 Å². The maximum Gasteiger partial charge on any atom is 0.257 e. The largest absolute Gasteiger partial charge is 0.383 e. The Morgan fingerprint density at radius 2 is 2.18 bits per heavy atom. The maximum atomic E-state index is 12.6. The zero-order chi connectivity index (χ0) is 16.1. The highest BCUT2D eigenvalue weighted by Gasteiger charge is 2.24. The molecular formula is C16H19ClN2O3. The van der Waals surface area contributed by atoms with Gasteiger partial charge in [0.15, 0.2) is 5.76 Å². The molecule has 1 aromatic carbocycles. The average Bonchev–Trinajstić information content (AvgIpc) is 2.88. The van der Waals surface area contributed by atoms with Crippen LogP contribution in [-0.4, -0.2) is 30.8 Å². The molecule has 0 aliphatic heterocycles. The maximum absolute atomic E-state index is 12.6. The molecule has 1 atom stereocenters. The second kappa shape index (κ2) is 7.42. The summed E-state index contributed by atoms with van der Waals surface area (Å²) in [6, 6.07) is 7.13. The van der Waals surface area contributed by atoms with E-state index in [4.69, 9.17) is 20.9 Å². The first-order valence-electron chi connectivity index (χ1n) is 7.09. The third-order valence-electron chi connectivity index (χ3n) is 3.40. The number of carbonyl (C=O) groups excluding carboxylic acids is 1. The van der Waals surface area contributed by atoms with Crippen molar-refractivity contribution in [2.75, 3.05) is 13.7 Å². The summed E-state index contributed by atoms with van der Waals surface area (Å²) in [4.78, 5) is 12.6. The minimum Gasteiger partial charge on any atom is -0.383 e. The summed E-state index contributed by atoms with van der Waals surface area (Å²) >= 11 is 6.19. The lowest BCUT2D eigenvalue weighted by molar-refractivity contribution is 0.0894. The number of benzene rings is 1. The number of nitrogens with one attached hydrogen (secondary N) is 1. The van der Waals surface area contributed by atoms with E-state index in [0.717, 1.165) is 6.42 Å². The van der Waals surface area contributed by atoms with Crippen LogP contribution in [0.25, 0.3) is 11.3 Å². The van der Waals surface area contributed by atoms with Crippen LogP contribution in [0.1, 0.15) is 29.4 Å². The fourth-order valence-electron chi connectivity index (χ4n) is 2.19. The molecular weight excluding hydrogens is 304 g/mol. The van der Waals surface area contributed by atoms with Crippen molar-refractivity contribution in [3.05, 3.63) is 40.5 Å². The van der Waals surface area contributed by atoms with Gasteiger partial charge in [0.05, 0.1) is 23.4 Å². The third-order valence-corrected chi connectivity index (χ3v) is 3.73. The highest BCUT2D eigenvalue weighted by atomic mass is 35.5. The van der Waals surface area contributed by atoms with Crippen LogP contribution in [0.15, 0.2) is 28.8 Å². The summed E-state index contributed by atoms with van der Waals surface area (Å²) in [6.07, 6.45) is 0.769. The third kappa shape index (κ3) is 3.48. The van der Waals surface area contributed by atoms with E-state index in [1.807, 2.05) is 19.1 Å². The second-order valence-electron chi connectivity index (χ2n) is 4.99. The Labute approximate surface area is 134 Å². The smallest absolute Gasteiger partial charge is 0.257 e. The van der Waals surface area contributed by atoms with Gasteiger partial charge in [-0.2, -0.15) is 0 Å². The molecule has 22 heavy (non-hydrogen) atoms. The molecule has 0 bridgehead atoms. The van der Waals surface area contributed by atoms with E-state index >= 15 is 0 Å². The van der Waals surface area contributed by atoms with Gasteiger partial charge in [0.25, 0.3) is 5.91 Å². The molecule has 0 spiro atoms. The van der Waals surface area contributed by atoms with Crippen molar-refractivity contribution in [3.63, 3.8) is 0 Å². The van der Waals surface area contributed by atoms with Crippen molar-refractivity contribution < 1.29 is 14.1 Å². The van der Waals surface area contributed by atoms with Crippen molar-refractivity contribution in [2.24, 2.45) is 0 Å². The summed E-state index contributed by atoms with van der Waals surface area (Å²) in [7, 11) is 1.61. The van der Waals surface area contributed by atoms with Gasteiger partial charge in [-0.15, -0.1) is 0 Å². The number of aryl methyl sites for hydroxylation is 1. The van der Waals surface area contributed by atoms with Gasteiger partial charge in [-0.05, 0) is 25.5 Å². The van der Waals surface area contributed by atoms with Gasteiger partial charge in [0.1, 0.15) is 5.56 Å². The van der Waals surface area contributed by atoms with Crippen LogP contribution in [0.3, 0.4) is 0 Å². The molecule has 0 saturated carbocycles. The molecule has 0 fully saturated rings. The zero-order valence-electron chi connectivity index (χ0n) is 12.9. The van der Waals surface area contributed by atoms with Crippen molar-refractivity contribution >= 4 is 17.5 Å². The van der Waals surface area contributed by atoms with Crippen LogP contribution in [0.2, 0.25) is 5.02 Å². The quantitative estimate of drug-likeness (QED) is 0.884. The van der Waals surface area contributed by atoms with E-state index in [0.29, 0.717) is 34.2 Å². The fraction of sp³-hybridized carbons (Fsp3) is 0.375. The van der Waals surface area contributed by atoms with E-state index in [2.05, 4.69) is 10.5 Å². The van der Waals surface area contributed by atoms with Crippen LogP contribution in [0, 0.1) is 6.92 Å². The molecule has 6 heteroatoms. The van der Waals surface area contributed by atoms with Crippen molar-refractivity contribution in [3.8, 4) is 11.3 Å². The second-order valence-corrected chi connectivity index (χ2v) is 5.39. The van der Waals surface area contributed by atoms with E-state index in [-0.39, 0.29) is 11.9 Å². The Balaban J connectivity index is 2.34. The molecule has 0 saturated heterocycles. The number of nitrogens with zero attached hydrogens (tertiary/aromatic N) is 1. The Hall–Kier alpha value is -1.85. The number of amides is 1. The van der Waals surface area contributed by atoms with E-state index in [9.17, 15) is 4.79 Å². The molecule has 0 aliphatic carbocycles. The Morgan fingerprint density at radius 1 is 1.45 bits per heavy atom. The first kappa shape index (κ1) is 16.5. The summed E-state index contributed by atoms with van der Waals surface area (Å²) in [5, 5.41) is 7.35. The van der Waals surface area contributed by atoms with Gasteiger partial charge < -0.3 is 14.6 Å². The molecule has 1 N–H and O–H groups in total. The summed E-state index contributed by atoms with van der Waals surface area (Å²) in [6.45, 7) is 4.17. The molecule has 5 nitrogen and oxygen atoms in total. The minimum atomic E-state index is -0.238. The SMILES string of the molecule is CCC(COC)NC(=O)c1c(C)noc1-c1ccccc1Cl. The first-order chi connectivity index (χ1) is 10.6. The molecule has 0 aliphatic rings. The first-order valence-corrected chi connectivity index (χ1v) is 7.47. The monoisotopic (exact) mass is 322 g/mol. The van der Waals surface area contributed by atoms with E-state index < -0.39 is 0 Å². The summed E-state index contributed by atoms with van der Waals surface area (Å²) in [5.41, 5.74) is 1.58. The van der Waals surface area contributed by atoms with Crippen LogP contribution >= 0.6 is 11.6 Å². The average molecular weight is 323 g/mol. The number of halogens is 1. The van der Waals surface area contributed by atoms with Crippen molar-refractivity contribution in [1.29, 1.82) is 0 Å². The molecule has 1 unspecified atom stereocenters. The molecule has 0 radical (unpaired) electrons. The Kier molecular flexibility index (Phi) is 5.57. The summed E-state index contributed by atoms with van der Waals surface area (Å²) in [5.74, 6) is 0.144. The number of hydrogen-bond donors (Lipinski definition) is 1. The van der Waals surface area contributed by atoms with E-state index in [1.165, 1.54) is 0 Å². The molecule has 118 valence electrons. The standard InChI is InChI=1S/C16H19ClN2O3/c1-4-11(9-21-3)18-16(20)14-10(2)19-22-15(14)12-7-5-6-8-13(12)17/h5-8,11H,4,9H2,1-3H3,(H,18,20).